The Labute approximate surface area is 98.3 Å². The highest BCUT2D eigenvalue weighted by molar-refractivity contribution is 5.84. The lowest BCUT2D eigenvalue weighted by Gasteiger charge is -1.96. The largest absolute Gasteiger partial charge is 0.481 e. The summed E-state index contributed by atoms with van der Waals surface area (Å²) in [5.41, 5.74) is 0. The first-order valence-corrected chi connectivity index (χ1v) is 6.15. The molecule has 16 heavy (non-hydrogen) atoms. The van der Waals surface area contributed by atoms with Crippen LogP contribution in [0.1, 0.15) is 58.3 Å². The molecule has 0 radical (unpaired) electrons. The number of hydrogen-bond donors (Lipinski definition) is 1. The Balaban J connectivity index is 3.21. The Morgan fingerprint density at radius 1 is 1.19 bits per heavy atom. The van der Waals surface area contributed by atoms with Crippen LogP contribution in [-0.2, 0) is 4.79 Å². The van der Waals surface area contributed by atoms with Gasteiger partial charge in [0.15, 0.2) is 0 Å². The van der Waals surface area contributed by atoms with E-state index in [1.807, 2.05) is 6.08 Å². The first-order valence-electron chi connectivity index (χ1n) is 6.15. The van der Waals surface area contributed by atoms with Gasteiger partial charge in [-0.05, 0) is 12.8 Å². The third kappa shape index (κ3) is 12.9. The zero-order valence-corrected chi connectivity index (χ0v) is 10.2. The maximum absolute atomic E-state index is 10.1. The molecule has 0 bridgehead atoms. The van der Waals surface area contributed by atoms with E-state index in [2.05, 4.69) is 11.9 Å². The smallest absolute Gasteiger partial charge is 0.308 e. The number of rotatable bonds is 10. The number of unbranched alkanes of at least 4 members (excludes halogenated alkanes) is 6. The maximum atomic E-state index is 10.1. The van der Waals surface area contributed by atoms with Crippen LogP contribution in [0.4, 0.5) is 0 Å². The molecule has 0 rings (SSSR count). The summed E-state index contributed by atoms with van der Waals surface area (Å²) < 4.78 is 0. The molecule has 0 aliphatic rings. The van der Waals surface area contributed by atoms with E-state index in [1.165, 1.54) is 44.7 Å². The molecular formula is C13H23NO2. The number of aliphatic carboxylic acids is 1. The Morgan fingerprint density at radius 2 is 1.88 bits per heavy atom. The van der Waals surface area contributed by atoms with Gasteiger partial charge in [0, 0.05) is 12.4 Å². The van der Waals surface area contributed by atoms with E-state index in [0.29, 0.717) is 0 Å². The van der Waals surface area contributed by atoms with Gasteiger partial charge in [-0.1, -0.05) is 45.1 Å². The summed E-state index contributed by atoms with van der Waals surface area (Å²) in [4.78, 5) is 14.0. The summed E-state index contributed by atoms with van der Waals surface area (Å²) >= 11 is 0. The Bertz CT molecular complexity index is 222. The van der Waals surface area contributed by atoms with Gasteiger partial charge in [-0.3, -0.25) is 9.79 Å². The van der Waals surface area contributed by atoms with Crippen LogP contribution in [0.15, 0.2) is 17.3 Å². The third-order valence-corrected chi connectivity index (χ3v) is 2.29. The van der Waals surface area contributed by atoms with E-state index in [-0.39, 0.29) is 6.42 Å². The summed E-state index contributed by atoms with van der Waals surface area (Å²) in [6, 6.07) is 0. The van der Waals surface area contributed by atoms with Gasteiger partial charge < -0.3 is 5.11 Å². The predicted molar refractivity (Wildman–Crippen MR) is 67.9 cm³/mol. The monoisotopic (exact) mass is 225 g/mol. The minimum Gasteiger partial charge on any atom is -0.481 e. The summed E-state index contributed by atoms with van der Waals surface area (Å²) in [6.45, 7) is 2.22. The van der Waals surface area contributed by atoms with Crippen LogP contribution in [0.25, 0.3) is 0 Å². The molecule has 0 saturated heterocycles. The van der Waals surface area contributed by atoms with Crippen LogP contribution >= 0.6 is 0 Å². The SMILES string of the molecule is CCCCCCCCC=CN=CCC(=O)O. The zero-order valence-electron chi connectivity index (χ0n) is 10.2. The molecule has 92 valence electrons. The Morgan fingerprint density at radius 3 is 2.56 bits per heavy atom. The van der Waals surface area contributed by atoms with E-state index in [9.17, 15) is 4.79 Å². The molecule has 0 fully saturated rings. The van der Waals surface area contributed by atoms with Crippen molar-refractivity contribution >= 4 is 12.2 Å². The first-order chi connectivity index (χ1) is 7.77. The van der Waals surface area contributed by atoms with Crippen molar-refractivity contribution in [2.75, 3.05) is 0 Å². The fourth-order valence-electron chi connectivity index (χ4n) is 1.37. The average Bonchev–Trinajstić information content (AvgIpc) is 2.25. The second-order valence-electron chi connectivity index (χ2n) is 3.87. The molecule has 0 spiro atoms. The molecule has 0 aliphatic carbocycles. The van der Waals surface area contributed by atoms with Crippen molar-refractivity contribution in [3.63, 3.8) is 0 Å². The molecule has 0 aliphatic heterocycles. The number of carboxylic acids is 1. The van der Waals surface area contributed by atoms with Gasteiger partial charge in [0.1, 0.15) is 0 Å². The van der Waals surface area contributed by atoms with Crippen molar-refractivity contribution < 1.29 is 9.90 Å². The van der Waals surface area contributed by atoms with Crippen molar-refractivity contribution in [2.24, 2.45) is 4.99 Å². The highest BCUT2D eigenvalue weighted by Gasteiger charge is 1.89. The lowest BCUT2D eigenvalue weighted by atomic mass is 10.1. The van der Waals surface area contributed by atoms with E-state index in [0.717, 1.165) is 6.42 Å². The van der Waals surface area contributed by atoms with Gasteiger partial charge in [0.05, 0.1) is 6.42 Å². The molecular weight excluding hydrogens is 202 g/mol. The second-order valence-corrected chi connectivity index (χ2v) is 3.87. The number of carboxylic acid groups (broad SMARTS) is 1. The molecule has 0 amide bonds. The van der Waals surface area contributed by atoms with Gasteiger partial charge >= 0.3 is 5.97 Å². The van der Waals surface area contributed by atoms with E-state index in [1.54, 1.807) is 6.20 Å². The van der Waals surface area contributed by atoms with Crippen molar-refractivity contribution in [2.45, 2.75) is 58.3 Å². The topological polar surface area (TPSA) is 49.7 Å². The first kappa shape index (κ1) is 14.9. The molecule has 3 nitrogen and oxygen atoms in total. The van der Waals surface area contributed by atoms with Crippen molar-refractivity contribution in [3.8, 4) is 0 Å². The molecule has 0 atom stereocenters. The highest BCUT2D eigenvalue weighted by atomic mass is 16.4. The van der Waals surface area contributed by atoms with Crippen LogP contribution in [0.2, 0.25) is 0 Å². The molecule has 0 aromatic rings. The molecule has 0 unspecified atom stereocenters. The van der Waals surface area contributed by atoms with Crippen molar-refractivity contribution in [3.05, 3.63) is 12.3 Å². The van der Waals surface area contributed by atoms with Crippen molar-refractivity contribution in [1.29, 1.82) is 0 Å². The minimum absolute atomic E-state index is 0.00135. The quantitative estimate of drug-likeness (QED) is 0.454. The summed E-state index contributed by atoms with van der Waals surface area (Å²) in [7, 11) is 0. The minimum atomic E-state index is -0.840. The molecule has 0 aromatic heterocycles. The fraction of sp³-hybridized carbons (Fsp3) is 0.692. The van der Waals surface area contributed by atoms with E-state index >= 15 is 0 Å². The van der Waals surface area contributed by atoms with Crippen LogP contribution < -0.4 is 0 Å². The Kier molecular flexibility index (Phi) is 11.1. The lowest BCUT2D eigenvalue weighted by molar-refractivity contribution is -0.135. The van der Waals surface area contributed by atoms with E-state index < -0.39 is 5.97 Å². The highest BCUT2D eigenvalue weighted by Crippen LogP contribution is 2.06. The summed E-state index contributed by atoms with van der Waals surface area (Å²) in [5.74, 6) is -0.840. The number of aliphatic imine (C=N–C) groups is 1. The van der Waals surface area contributed by atoms with Crippen LogP contribution in [0.3, 0.4) is 0 Å². The fourth-order valence-corrected chi connectivity index (χ4v) is 1.37. The molecule has 3 heteroatoms. The average molecular weight is 225 g/mol. The van der Waals surface area contributed by atoms with Crippen LogP contribution in [-0.4, -0.2) is 17.3 Å². The van der Waals surface area contributed by atoms with Gasteiger partial charge in [-0.15, -0.1) is 0 Å². The molecule has 0 heterocycles. The van der Waals surface area contributed by atoms with Crippen LogP contribution in [0, 0.1) is 0 Å². The lowest BCUT2D eigenvalue weighted by Crippen LogP contribution is -1.93. The normalized spacial score (nSPS) is 11.6. The summed E-state index contributed by atoms with van der Waals surface area (Å²) in [6.07, 6.45) is 13.9. The number of nitrogens with zero attached hydrogens (tertiary/aromatic N) is 1. The predicted octanol–water partition coefficient (Wildman–Crippen LogP) is 3.80. The molecule has 0 aromatic carbocycles. The Hall–Kier alpha value is -1.12. The van der Waals surface area contributed by atoms with Gasteiger partial charge in [-0.25, -0.2) is 0 Å². The second kappa shape index (κ2) is 12.0. The number of allylic oxidation sites excluding steroid dienone is 1. The van der Waals surface area contributed by atoms with Gasteiger partial charge in [0.2, 0.25) is 0 Å². The van der Waals surface area contributed by atoms with E-state index in [4.69, 9.17) is 5.11 Å². The maximum Gasteiger partial charge on any atom is 0.308 e. The number of hydrogen-bond acceptors (Lipinski definition) is 2. The summed E-state index contributed by atoms with van der Waals surface area (Å²) in [5, 5.41) is 8.34. The van der Waals surface area contributed by atoms with Crippen LogP contribution in [0.5, 0.6) is 0 Å². The number of carbonyl (C=O) groups is 1. The van der Waals surface area contributed by atoms with Gasteiger partial charge in [0.25, 0.3) is 0 Å². The molecule has 1 N–H and O–H groups in total. The standard InChI is InChI=1S/C13H23NO2/c1-2-3-4-5-6-7-8-9-11-14-12-10-13(15)16/h9,11-12H,2-8,10H2,1H3,(H,15,16). The zero-order chi connectivity index (χ0) is 12.1. The van der Waals surface area contributed by atoms with Crippen molar-refractivity contribution in [1.82, 2.24) is 0 Å². The third-order valence-electron chi connectivity index (χ3n) is 2.29. The molecule has 0 saturated carbocycles. The van der Waals surface area contributed by atoms with Gasteiger partial charge in [-0.2, -0.15) is 0 Å².